The lowest BCUT2D eigenvalue weighted by molar-refractivity contribution is 0.225. The molecule has 1 rings (SSSR count). The first-order valence-corrected chi connectivity index (χ1v) is 6.83. The molecule has 0 bridgehead atoms. The van der Waals surface area contributed by atoms with E-state index in [1.165, 1.54) is 5.56 Å². The van der Waals surface area contributed by atoms with Crippen LogP contribution in [0.25, 0.3) is 0 Å². The van der Waals surface area contributed by atoms with Crippen LogP contribution < -0.4 is 5.32 Å². The van der Waals surface area contributed by atoms with Gasteiger partial charge in [-0.1, -0.05) is 6.92 Å². The van der Waals surface area contributed by atoms with Gasteiger partial charge in [0.2, 0.25) is 0 Å². The number of furan rings is 1. The number of nitrogens with zero attached hydrogens (tertiary/aromatic N) is 1. The van der Waals surface area contributed by atoms with Crippen LogP contribution in [0.3, 0.4) is 0 Å². The molecule has 0 aliphatic carbocycles. The lowest BCUT2D eigenvalue weighted by Gasteiger charge is -2.22. The topological polar surface area (TPSA) is 28.4 Å². The summed E-state index contributed by atoms with van der Waals surface area (Å²) in [5.74, 6) is 1.04. The molecule has 1 aromatic heterocycles. The largest absolute Gasteiger partial charge is 0.468 e. The summed E-state index contributed by atoms with van der Waals surface area (Å²) in [5, 5.41) is 3.47. The normalized spacial score (nSPS) is 14.2. The van der Waals surface area contributed by atoms with Gasteiger partial charge in [-0.2, -0.15) is 0 Å². The van der Waals surface area contributed by atoms with Crippen LogP contribution >= 0.6 is 0 Å². The second kappa shape index (κ2) is 6.39. The Bertz CT molecular complexity index is 352. The van der Waals surface area contributed by atoms with Crippen LogP contribution in [-0.4, -0.2) is 23.5 Å². The van der Waals surface area contributed by atoms with Gasteiger partial charge in [-0.15, -0.1) is 0 Å². The van der Waals surface area contributed by atoms with E-state index in [1.807, 2.05) is 6.26 Å². The molecule has 0 fully saturated rings. The minimum atomic E-state index is 0.144. The van der Waals surface area contributed by atoms with Crippen LogP contribution in [0.4, 0.5) is 0 Å². The first-order valence-electron chi connectivity index (χ1n) is 6.83. The Morgan fingerprint density at radius 3 is 2.61 bits per heavy atom. The second-order valence-electron chi connectivity index (χ2n) is 6.20. The molecule has 0 saturated carbocycles. The fourth-order valence-electron chi connectivity index (χ4n) is 1.68. The lowest BCUT2D eigenvalue weighted by Crippen LogP contribution is -2.34. The third-order valence-corrected chi connectivity index (χ3v) is 3.28. The van der Waals surface area contributed by atoms with Gasteiger partial charge in [-0.25, -0.2) is 0 Å². The number of hydrogen-bond acceptors (Lipinski definition) is 3. The summed E-state index contributed by atoms with van der Waals surface area (Å²) in [6.07, 6.45) is 3.02. The Balaban J connectivity index is 2.48. The Morgan fingerprint density at radius 2 is 2.06 bits per heavy atom. The quantitative estimate of drug-likeness (QED) is 0.841. The molecule has 0 radical (unpaired) electrons. The molecule has 0 spiro atoms. The van der Waals surface area contributed by atoms with Crippen molar-refractivity contribution in [2.24, 2.45) is 0 Å². The molecule has 0 amide bonds. The van der Waals surface area contributed by atoms with Gasteiger partial charge in [-0.3, -0.25) is 4.90 Å². The van der Waals surface area contributed by atoms with Gasteiger partial charge in [0.15, 0.2) is 0 Å². The zero-order valence-corrected chi connectivity index (χ0v) is 12.7. The molecule has 1 N–H and O–H groups in total. The summed E-state index contributed by atoms with van der Waals surface area (Å²) in [6, 6.07) is 2.74. The van der Waals surface area contributed by atoms with E-state index in [0.29, 0.717) is 6.04 Å². The molecule has 1 unspecified atom stereocenters. The molecule has 104 valence electrons. The standard InChI is InChI=1S/C15H28N2O/c1-7-12(2)17(6)10-14-8-13(11-18-14)9-16-15(3,4)5/h8,11-12,16H,7,9-10H2,1-6H3. The summed E-state index contributed by atoms with van der Waals surface area (Å²) < 4.78 is 5.61. The van der Waals surface area contributed by atoms with Crippen molar-refractivity contribution in [2.45, 2.75) is 65.7 Å². The van der Waals surface area contributed by atoms with Crippen LogP contribution in [0.2, 0.25) is 0 Å². The van der Waals surface area contributed by atoms with Crippen molar-refractivity contribution in [3.05, 3.63) is 23.7 Å². The van der Waals surface area contributed by atoms with Crippen LogP contribution in [0.5, 0.6) is 0 Å². The molecule has 3 heteroatoms. The third-order valence-electron chi connectivity index (χ3n) is 3.28. The zero-order valence-electron chi connectivity index (χ0n) is 12.7. The highest BCUT2D eigenvalue weighted by atomic mass is 16.3. The molecule has 0 saturated heterocycles. The lowest BCUT2D eigenvalue weighted by atomic mass is 10.1. The maximum atomic E-state index is 5.61. The fourth-order valence-corrected chi connectivity index (χ4v) is 1.68. The van der Waals surface area contributed by atoms with Crippen LogP contribution in [-0.2, 0) is 13.1 Å². The van der Waals surface area contributed by atoms with Gasteiger partial charge in [-0.05, 0) is 47.2 Å². The first kappa shape index (κ1) is 15.3. The molecule has 3 nitrogen and oxygen atoms in total. The van der Waals surface area contributed by atoms with Gasteiger partial charge in [0.25, 0.3) is 0 Å². The van der Waals surface area contributed by atoms with Gasteiger partial charge in [0, 0.05) is 23.7 Å². The predicted octanol–water partition coefficient (Wildman–Crippen LogP) is 3.40. The van der Waals surface area contributed by atoms with E-state index in [1.54, 1.807) is 0 Å². The van der Waals surface area contributed by atoms with E-state index in [-0.39, 0.29) is 5.54 Å². The molecular weight excluding hydrogens is 224 g/mol. The predicted molar refractivity (Wildman–Crippen MR) is 76.5 cm³/mol. The average Bonchev–Trinajstić information content (AvgIpc) is 2.72. The fraction of sp³-hybridized carbons (Fsp3) is 0.733. The molecule has 0 aliphatic heterocycles. The minimum Gasteiger partial charge on any atom is -0.468 e. The monoisotopic (exact) mass is 252 g/mol. The van der Waals surface area contributed by atoms with Crippen molar-refractivity contribution in [3.63, 3.8) is 0 Å². The zero-order chi connectivity index (χ0) is 13.8. The first-order chi connectivity index (χ1) is 8.31. The highest BCUT2D eigenvalue weighted by molar-refractivity contribution is 5.13. The van der Waals surface area contributed by atoms with E-state index in [9.17, 15) is 0 Å². The van der Waals surface area contributed by atoms with Gasteiger partial charge in [0.1, 0.15) is 5.76 Å². The SMILES string of the molecule is CCC(C)N(C)Cc1cc(CNC(C)(C)C)co1. The summed E-state index contributed by atoms with van der Waals surface area (Å²) in [5.41, 5.74) is 1.36. The van der Waals surface area contributed by atoms with Crippen molar-refractivity contribution < 1.29 is 4.42 Å². The summed E-state index contributed by atoms with van der Waals surface area (Å²) in [6.45, 7) is 12.7. The van der Waals surface area contributed by atoms with E-state index in [4.69, 9.17) is 4.42 Å². The minimum absolute atomic E-state index is 0.144. The molecule has 1 aromatic rings. The van der Waals surface area contributed by atoms with Gasteiger partial charge < -0.3 is 9.73 Å². The van der Waals surface area contributed by atoms with Crippen molar-refractivity contribution >= 4 is 0 Å². The number of hydrogen-bond donors (Lipinski definition) is 1. The van der Waals surface area contributed by atoms with Crippen molar-refractivity contribution in [2.75, 3.05) is 7.05 Å². The van der Waals surface area contributed by atoms with Crippen LogP contribution in [0, 0.1) is 0 Å². The van der Waals surface area contributed by atoms with Crippen molar-refractivity contribution in [1.82, 2.24) is 10.2 Å². The van der Waals surface area contributed by atoms with Gasteiger partial charge >= 0.3 is 0 Å². The number of rotatable bonds is 6. The van der Waals surface area contributed by atoms with Crippen LogP contribution in [0.15, 0.2) is 16.7 Å². The summed E-state index contributed by atoms with van der Waals surface area (Å²) >= 11 is 0. The highest BCUT2D eigenvalue weighted by Crippen LogP contribution is 2.13. The smallest absolute Gasteiger partial charge is 0.118 e. The van der Waals surface area contributed by atoms with Crippen LogP contribution in [0.1, 0.15) is 52.4 Å². The van der Waals surface area contributed by atoms with E-state index < -0.39 is 0 Å². The maximum absolute atomic E-state index is 5.61. The molecule has 0 aliphatic rings. The van der Waals surface area contributed by atoms with E-state index in [0.717, 1.165) is 25.3 Å². The van der Waals surface area contributed by atoms with Gasteiger partial charge in [0.05, 0.1) is 12.8 Å². The molecule has 1 heterocycles. The Morgan fingerprint density at radius 1 is 1.39 bits per heavy atom. The van der Waals surface area contributed by atoms with Crippen molar-refractivity contribution in [3.8, 4) is 0 Å². The van der Waals surface area contributed by atoms with E-state index >= 15 is 0 Å². The second-order valence-corrected chi connectivity index (χ2v) is 6.20. The average molecular weight is 252 g/mol. The summed E-state index contributed by atoms with van der Waals surface area (Å²) in [4.78, 5) is 2.32. The summed E-state index contributed by atoms with van der Waals surface area (Å²) in [7, 11) is 2.14. The molecule has 0 aromatic carbocycles. The molecular formula is C15H28N2O. The third kappa shape index (κ3) is 5.23. The number of nitrogens with one attached hydrogen (secondary N) is 1. The highest BCUT2D eigenvalue weighted by Gasteiger charge is 2.12. The Labute approximate surface area is 112 Å². The Hall–Kier alpha value is -0.800. The molecule has 1 atom stereocenters. The maximum Gasteiger partial charge on any atom is 0.118 e. The van der Waals surface area contributed by atoms with E-state index in [2.05, 4.69) is 57.9 Å². The van der Waals surface area contributed by atoms with Crippen molar-refractivity contribution in [1.29, 1.82) is 0 Å². The molecule has 18 heavy (non-hydrogen) atoms. The Kier molecular flexibility index (Phi) is 5.42.